The number of nitrogens with one attached hydrogen (secondary N) is 1. The molecule has 4 nitrogen and oxygen atoms in total. The topological polar surface area (TPSA) is 49.4 Å². The number of aldehydes is 1. The summed E-state index contributed by atoms with van der Waals surface area (Å²) in [6.07, 6.45) is 2.92. The summed E-state index contributed by atoms with van der Waals surface area (Å²) in [5.74, 6) is 0.0461. The zero-order chi connectivity index (χ0) is 14.5. The monoisotopic (exact) mass is 338 g/mol. The van der Waals surface area contributed by atoms with E-state index < -0.39 is 0 Å². The van der Waals surface area contributed by atoms with Crippen LogP contribution in [0.3, 0.4) is 0 Å². The van der Waals surface area contributed by atoms with Crippen LogP contribution in [-0.2, 0) is 9.59 Å². The second-order valence-corrected chi connectivity index (χ2v) is 6.14. The Hall–Kier alpha value is -1.20. The number of carbonyl (C=O) groups excluding carboxylic acids is 2. The maximum absolute atomic E-state index is 12.0. The number of hydrogen-bond donors (Lipinski definition) is 1. The molecular weight excluding hydrogens is 320 g/mol. The molecule has 1 aromatic carbocycles. The molecule has 0 spiro atoms. The zero-order valence-electron chi connectivity index (χ0n) is 11.6. The zero-order valence-corrected chi connectivity index (χ0v) is 13.1. The number of amides is 1. The Morgan fingerprint density at radius 1 is 1.55 bits per heavy atom. The summed E-state index contributed by atoms with van der Waals surface area (Å²) in [6.45, 7) is 3.91. The van der Waals surface area contributed by atoms with Gasteiger partial charge in [0.25, 0.3) is 0 Å². The van der Waals surface area contributed by atoms with E-state index in [4.69, 9.17) is 0 Å². The average Bonchev–Trinajstić information content (AvgIpc) is 2.43. The summed E-state index contributed by atoms with van der Waals surface area (Å²) in [5, 5.41) is 2.90. The highest BCUT2D eigenvalue weighted by Crippen LogP contribution is 2.20. The van der Waals surface area contributed by atoms with Gasteiger partial charge in [-0.3, -0.25) is 9.69 Å². The highest BCUT2D eigenvalue weighted by Gasteiger charge is 2.20. The van der Waals surface area contributed by atoms with Gasteiger partial charge in [0.2, 0.25) is 5.91 Å². The highest BCUT2D eigenvalue weighted by molar-refractivity contribution is 9.10. The molecule has 1 heterocycles. The largest absolute Gasteiger partial charge is 0.325 e. The number of nitrogens with zero attached hydrogens (tertiary/aromatic N) is 1. The minimum atomic E-state index is -0.0294. The van der Waals surface area contributed by atoms with Crippen LogP contribution < -0.4 is 5.32 Å². The second kappa shape index (κ2) is 6.99. The third-order valence-corrected chi connectivity index (χ3v) is 4.43. The predicted molar refractivity (Wildman–Crippen MR) is 82.7 cm³/mol. The van der Waals surface area contributed by atoms with Crippen molar-refractivity contribution in [3.05, 3.63) is 28.2 Å². The van der Waals surface area contributed by atoms with Gasteiger partial charge < -0.3 is 10.1 Å². The van der Waals surface area contributed by atoms with Gasteiger partial charge in [-0.2, -0.15) is 0 Å². The fraction of sp³-hybridized carbons (Fsp3) is 0.467. The van der Waals surface area contributed by atoms with Gasteiger partial charge in [0.1, 0.15) is 6.29 Å². The number of likely N-dealkylation sites (tertiary alicyclic amines) is 1. The van der Waals surface area contributed by atoms with Crippen LogP contribution >= 0.6 is 15.9 Å². The van der Waals surface area contributed by atoms with Gasteiger partial charge in [-0.15, -0.1) is 0 Å². The minimum Gasteiger partial charge on any atom is -0.325 e. The normalized spacial score (nSPS) is 19.6. The van der Waals surface area contributed by atoms with E-state index in [1.54, 1.807) is 0 Å². The first kappa shape index (κ1) is 15.2. The van der Waals surface area contributed by atoms with Crippen LogP contribution in [-0.4, -0.2) is 36.7 Å². The first-order chi connectivity index (χ1) is 9.58. The number of rotatable bonds is 4. The van der Waals surface area contributed by atoms with Crippen LogP contribution in [0, 0.1) is 12.8 Å². The lowest BCUT2D eigenvalue weighted by molar-refractivity contribution is -0.119. The van der Waals surface area contributed by atoms with Crippen molar-refractivity contribution in [2.75, 3.05) is 25.0 Å². The van der Waals surface area contributed by atoms with Crippen LogP contribution in [0.2, 0.25) is 0 Å². The first-order valence-corrected chi connectivity index (χ1v) is 7.61. The Kier molecular flexibility index (Phi) is 5.31. The number of piperidine rings is 1. The number of benzene rings is 1. The van der Waals surface area contributed by atoms with Crippen molar-refractivity contribution in [1.29, 1.82) is 0 Å². The lowest BCUT2D eigenvalue weighted by Gasteiger charge is -2.29. The van der Waals surface area contributed by atoms with Crippen LogP contribution in [0.1, 0.15) is 18.4 Å². The van der Waals surface area contributed by atoms with Crippen molar-refractivity contribution in [2.24, 2.45) is 5.92 Å². The molecule has 5 heteroatoms. The van der Waals surface area contributed by atoms with Gasteiger partial charge in [0.05, 0.1) is 6.54 Å². The summed E-state index contributed by atoms with van der Waals surface area (Å²) in [7, 11) is 0. The molecule has 1 aliphatic heterocycles. The molecule has 1 fully saturated rings. The number of aryl methyl sites for hydroxylation is 1. The highest BCUT2D eigenvalue weighted by atomic mass is 79.9. The number of hydrogen-bond acceptors (Lipinski definition) is 3. The van der Waals surface area contributed by atoms with Crippen molar-refractivity contribution in [3.63, 3.8) is 0 Å². The molecule has 1 amide bonds. The summed E-state index contributed by atoms with van der Waals surface area (Å²) in [4.78, 5) is 24.9. The van der Waals surface area contributed by atoms with E-state index in [0.29, 0.717) is 13.1 Å². The fourth-order valence-electron chi connectivity index (χ4n) is 2.47. The molecule has 20 heavy (non-hydrogen) atoms. The van der Waals surface area contributed by atoms with Gasteiger partial charge in [-0.1, -0.05) is 15.9 Å². The van der Waals surface area contributed by atoms with Gasteiger partial charge in [0, 0.05) is 22.6 Å². The summed E-state index contributed by atoms with van der Waals surface area (Å²) in [5.41, 5.74) is 1.89. The molecule has 0 saturated carbocycles. The Balaban J connectivity index is 1.88. The third kappa shape index (κ3) is 4.15. The standard InChI is InChI=1S/C15H19BrN2O2/c1-11-7-13(4-5-14(11)16)17-15(20)9-18-6-2-3-12(8-18)10-19/h4-5,7,10,12H,2-3,6,8-9H2,1H3,(H,17,20). The van der Waals surface area contributed by atoms with Gasteiger partial charge >= 0.3 is 0 Å². The smallest absolute Gasteiger partial charge is 0.238 e. The molecule has 1 unspecified atom stereocenters. The molecule has 1 atom stereocenters. The number of halogens is 1. The quantitative estimate of drug-likeness (QED) is 0.858. The van der Waals surface area contributed by atoms with Gasteiger partial charge in [-0.25, -0.2) is 0 Å². The van der Waals surface area contributed by atoms with E-state index in [1.165, 1.54) is 0 Å². The SMILES string of the molecule is Cc1cc(NC(=O)CN2CCCC(C=O)C2)ccc1Br. The maximum Gasteiger partial charge on any atom is 0.238 e. The van der Waals surface area contributed by atoms with Crippen molar-refractivity contribution in [2.45, 2.75) is 19.8 Å². The molecule has 2 rings (SSSR count). The molecule has 0 aromatic heterocycles. The van der Waals surface area contributed by atoms with Crippen LogP contribution in [0.15, 0.2) is 22.7 Å². The predicted octanol–water partition coefficient (Wildman–Crippen LogP) is 2.61. The Morgan fingerprint density at radius 2 is 2.35 bits per heavy atom. The van der Waals surface area contributed by atoms with Gasteiger partial charge in [-0.05, 0) is 50.1 Å². The molecule has 108 valence electrons. The Morgan fingerprint density at radius 3 is 3.05 bits per heavy atom. The van der Waals surface area contributed by atoms with E-state index in [1.807, 2.05) is 30.0 Å². The van der Waals surface area contributed by atoms with E-state index in [2.05, 4.69) is 21.2 Å². The van der Waals surface area contributed by atoms with Crippen molar-refractivity contribution < 1.29 is 9.59 Å². The van der Waals surface area contributed by atoms with E-state index in [-0.39, 0.29) is 11.8 Å². The second-order valence-electron chi connectivity index (χ2n) is 5.29. The summed E-state index contributed by atoms with van der Waals surface area (Å²) < 4.78 is 1.03. The van der Waals surface area contributed by atoms with Crippen molar-refractivity contribution in [1.82, 2.24) is 4.90 Å². The third-order valence-electron chi connectivity index (χ3n) is 3.54. The van der Waals surface area contributed by atoms with Crippen LogP contribution in [0.5, 0.6) is 0 Å². The molecule has 0 aliphatic carbocycles. The molecule has 1 aliphatic rings. The van der Waals surface area contributed by atoms with Crippen molar-refractivity contribution in [3.8, 4) is 0 Å². The van der Waals surface area contributed by atoms with Crippen LogP contribution in [0.4, 0.5) is 5.69 Å². The molecule has 1 N–H and O–H groups in total. The average molecular weight is 339 g/mol. The number of carbonyl (C=O) groups is 2. The summed E-state index contributed by atoms with van der Waals surface area (Å²) in [6, 6.07) is 5.74. The van der Waals surface area contributed by atoms with E-state index in [9.17, 15) is 9.59 Å². The Labute approximate surface area is 127 Å². The molecular formula is C15H19BrN2O2. The molecule has 1 aromatic rings. The molecule has 0 bridgehead atoms. The van der Waals surface area contributed by atoms with Crippen LogP contribution in [0.25, 0.3) is 0 Å². The minimum absolute atomic E-state index is 0.0294. The maximum atomic E-state index is 12.0. The van der Waals surface area contributed by atoms with Crippen molar-refractivity contribution >= 4 is 33.8 Å². The molecule has 1 saturated heterocycles. The lowest BCUT2D eigenvalue weighted by Crippen LogP contribution is -2.40. The van der Waals surface area contributed by atoms with E-state index in [0.717, 1.165) is 41.4 Å². The lowest BCUT2D eigenvalue weighted by atomic mass is 10.00. The number of anilines is 1. The molecule has 0 radical (unpaired) electrons. The first-order valence-electron chi connectivity index (χ1n) is 6.82. The van der Waals surface area contributed by atoms with Gasteiger partial charge in [0.15, 0.2) is 0 Å². The fourth-order valence-corrected chi connectivity index (χ4v) is 2.72. The summed E-state index contributed by atoms with van der Waals surface area (Å²) >= 11 is 3.44. The Bertz CT molecular complexity index is 505. The van der Waals surface area contributed by atoms with E-state index >= 15 is 0 Å².